The van der Waals surface area contributed by atoms with Crippen LogP contribution in [0.2, 0.25) is 0 Å². The van der Waals surface area contributed by atoms with Gasteiger partial charge in [-0.25, -0.2) is 9.69 Å². The molecule has 3 heterocycles. The second-order valence-corrected chi connectivity index (χ2v) is 8.95. The summed E-state index contributed by atoms with van der Waals surface area (Å²) in [6, 6.07) is 11.9. The van der Waals surface area contributed by atoms with Crippen molar-refractivity contribution >= 4 is 46.4 Å². The van der Waals surface area contributed by atoms with Gasteiger partial charge in [0.2, 0.25) is 5.91 Å². The number of aromatic nitrogens is 1. The van der Waals surface area contributed by atoms with Crippen LogP contribution in [0.25, 0.3) is 17.0 Å². The standard InChI is InChI=1S/C27H26N4O5/c1-17-7-8-20(13-18(17)2)31-26(34)22(25(33)28-27(31)35)14-19-15-30(23-6-4-3-5-21(19)23)16-24(32)29-9-11-36-12-10-29/h3-8,13-15H,9-12,16H2,1-2H3,(H,28,33,35)/b22-14-. The first-order valence-corrected chi connectivity index (χ1v) is 11.8. The van der Waals surface area contributed by atoms with Crippen LogP contribution < -0.4 is 10.2 Å². The van der Waals surface area contributed by atoms with Crippen LogP contribution in [0, 0.1) is 13.8 Å². The van der Waals surface area contributed by atoms with E-state index in [9.17, 15) is 19.2 Å². The minimum atomic E-state index is -0.788. The molecule has 0 bridgehead atoms. The van der Waals surface area contributed by atoms with E-state index in [0.29, 0.717) is 37.6 Å². The number of urea groups is 1. The summed E-state index contributed by atoms with van der Waals surface area (Å²) in [7, 11) is 0. The van der Waals surface area contributed by atoms with Crippen LogP contribution in [0.4, 0.5) is 10.5 Å². The van der Waals surface area contributed by atoms with Crippen molar-refractivity contribution in [3.63, 3.8) is 0 Å². The van der Waals surface area contributed by atoms with E-state index in [-0.39, 0.29) is 18.0 Å². The number of nitrogens with zero attached hydrogens (tertiary/aromatic N) is 3. The third-order valence-corrected chi connectivity index (χ3v) is 6.64. The Morgan fingerprint density at radius 3 is 2.53 bits per heavy atom. The molecule has 2 aromatic carbocycles. The average molecular weight is 487 g/mol. The zero-order chi connectivity index (χ0) is 25.4. The number of hydrogen-bond donors (Lipinski definition) is 1. The highest BCUT2D eigenvalue weighted by Gasteiger charge is 2.37. The minimum Gasteiger partial charge on any atom is -0.378 e. The lowest BCUT2D eigenvalue weighted by molar-refractivity contribution is -0.135. The monoisotopic (exact) mass is 486 g/mol. The van der Waals surface area contributed by atoms with Gasteiger partial charge in [0.15, 0.2) is 0 Å². The molecule has 5 rings (SSSR count). The normalized spacial score (nSPS) is 17.7. The maximum atomic E-state index is 13.4. The number of carbonyl (C=O) groups excluding carboxylic acids is 4. The number of fused-ring (bicyclic) bond motifs is 1. The lowest BCUT2D eigenvalue weighted by Crippen LogP contribution is -2.54. The third-order valence-electron chi connectivity index (χ3n) is 6.64. The number of anilines is 1. The highest BCUT2D eigenvalue weighted by molar-refractivity contribution is 6.39. The van der Waals surface area contributed by atoms with Crippen molar-refractivity contribution in [3.8, 4) is 0 Å². The number of amides is 5. The minimum absolute atomic E-state index is 0.0312. The lowest BCUT2D eigenvalue weighted by atomic mass is 10.0. The van der Waals surface area contributed by atoms with E-state index in [1.165, 1.54) is 6.08 Å². The number of benzene rings is 2. The number of rotatable bonds is 4. The number of morpholine rings is 1. The number of ether oxygens (including phenoxy) is 1. The lowest BCUT2D eigenvalue weighted by Gasteiger charge is -2.27. The molecule has 0 atom stereocenters. The van der Waals surface area contributed by atoms with Gasteiger partial charge in [0.1, 0.15) is 12.1 Å². The van der Waals surface area contributed by atoms with Gasteiger partial charge in [-0.2, -0.15) is 0 Å². The highest BCUT2D eigenvalue weighted by Crippen LogP contribution is 2.27. The van der Waals surface area contributed by atoms with Gasteiger partial charge in [-0.05, 0) is 49.2 Å². The molecule has 0 unspecified atom stereocenters. The molecule has 2 aliphatic rings. The summed E-state index contributed by atoms with van der Waals surface area (Å²) >= 11 is 0. The predicted octanol–water partition coefficient (Wildman–Crippen LogP) is 2.78. The Labute approximate surface area is 207 Å². The van der Waals surface area contributed by atoms with Crippen molar-refractivity contribution < 1.29 is 23.9 Å². The van der Waals surface area contributed by atoms with Crippen LogP contribution in [0.15, 0.2) is 54.2 Å². The molecule has 9 nitrogen and oxygen atoms in total. The maximum Gasteiger partial charge on any atom is 0.335 e. The topological polar surface area (TPSA) is 101 Å². The van der Waals surface area contributed by atoms with Crippen LogP contribution in [0.5, 0.6) is 0 Å². The van der Waals surface area contributed by atoms with Gasteiger partial charge in [0.05, 0.1) is 18.9 Å². The molecule has 0 saturated carbocycles. The van der Waals surface area contributed by atoms with Gasteiger partial charge in [-0.3, -0.25) is 19.7 Å². The summed E-state index contributed by atoms with van der Waals surface area (Å²) in [5, 5.41) is 3.06. The molecule has 2 saturated heterocycles. The largest absolute Gasteiger partial charge is 0.378 e. The second kappa shape index (κ2) is 9.43. The average Bonchev–Trinajstić information content (AvgIpc) is 3.21. The quantitative estimate of drug-likeness (QED) is 0.452. The van der Waals surface area contributed by atoms with E-state index in [1.54, 1.807) is 23.2 Å². The molecule has 1 N–H and O–H groups in total. The summed E-state index contributed by atoms with van der Waals surface area (Å²) in [6.45, 7) is 6.08. The Morgan fingerprint density at radius 2 is 1.78 bits per heavy atom. The van der Waals surface area contributed by atoms with E-state index in [1.807, 2.05) is 48.7 Å². The Morgan fingerprint density at radius 1 is 1.03 bits per heavy atom. The summed E-state index contributed by atoms with van der Waals surface area (Å²) in [6.07, 6.45) is 3.24. The first-order chi connectivity index (χ1) is 17.3. The van der Waals surface area contributed by atoms with Gasteiger partial charge in [-0.15, -0.1) is 0 Å². The van der Waals surface area contributed by atoms with Crippen LogP contribution >= 0.6 is 0 Å². The van der Waals surface area contributed by atoms with Crippen LogP contribution in [0.3, 0.4) is 0 Å². The number of carbonyl (C=O) groups is 4. The van der Waals surface area contributed by atoms with Gasteiger partial charge in [0.25, 0.3) is 11.8 Å². The molecule has 1 aromatic heterocycles. The molecule has 0 spiro atoms. The van der Waals surface area contributed by atoms with E-state index < -0.39 is 17.8 Å². The van der Waals surface area contributed by atoms with Crippen molar-refractivity contribution in [1.29, 1.82) is 0 Å². The molecule has 2 fully saturated rings. The number of barbiturate groups is 1. The smallest absolute Gasteiger partial charge is 0.335 e. The molecular weight excluding hydrogens is 460 g/mol. The Hall–Kier alpha value is -4.24. The second-order valence-electron chi connectivity index (χ2n) is 8.95. The summed E-state index contributed by atoms with van der Waals surface area (Å²) in [4.78, 5) is 54.3. The van der Waals surface area contributed by atoms with Crippen LogP contribution in [0.1, 0.15) is 16.7 Å². The Kier molecular flexibility index (Phi) is 6.15. The van der Waals surface area contributed by atoms with Gasteiger partial charge >= 0.3 is 6.03 Å². The third kappa shape index (κ3) is 4.29. The molecule has 9 heteroatoms. The number of imide groups is 2. The van der Waals surface area contributed by atoms with E-state index >= 15 is 0 Å². The molecule has 0 aliphatic carbocycles. The molecule has 2 aliphatic heterocycles. The fourth-order valence-electron chi connectivity index (χ4n) is 4.49. The highest BCUT2D eigenvalue weighted by atomic mass is 16.5. The summed E-state index contributed by atoms with van der Waals surface area (Å²) in [5.74, 6) is -1.49. The molecule has 36 heavy (non-hydrogen) atoms. The zero-order valence-corrected chi connectivity index (χ0v) is 20.1. The maximum absolute atomic E-state index is 13.4. The first kappa shape index (κ1) is 23.5. The number of aryl methyl sites for hydroxylation is 2. The van der Waals surface area contributed by atoms with Crippen molar-refractivity contribution in [1.82, 2.24) is 14.8 Å². The molecular formula is C27H26N4O5. The number of hydrogen-bond acceptors (Lipinski definition) is 5. The van der Waals surface area contributed by atoms with Crippen LogP contribution in [-0.4, -0.2) is 59.5 Å². The summed E-state index contributed by atoms with van der Waals surface area (Å²) in [5.41, 5.74) is 3.58. The molecule has 184 valence electrons. The fourth-order valence-corrected chi connectivity index (χ4v) is 4.49. The van der Waals surface area contributed by atoms with Crippen molar-refractivity contribution in [2.24, 2.45) is 0 Å². The Bertz CT molecular complexity index is 1430. The van der Waals surface area contributed by atoms with E-state index in [4.69, 9.17) is 4.74 Å². The molecule has 0 radical (unpaired) electrons. The first-order valence-electron chi connectivity index (χ1n) is 11.8. The SMILES string of the molecule is Cc1ccc(N2C(=O)NC(=O)/C(=C/c3cn(CC(=O)N4CCOCC4)c4ccccc34)C2=O)cc1C. The van der Waals surface area contributed by atoms with E-state index in [2.05, 4.69) is 5.32 Å². The molecule has 5 amide bonds. The number of nitrogens with one attached hydrogen (secondary N) is 1. The van der Waals surface area contributed by atoms with Gasteiger partial charge < -0.3 is 14.2 Å². The summed E-state index contributed by atoms with van der Waals surface area (Å²) < 4.78 is 7.15. The van der Waals surface area contributed by atoms with Gasteiger partial charge in [0, 0.05) is 35.8 Å². The van der Waals surface area contributed by atoms with Crippen molar-refractivity contribution in [3.05, 3.63) is 70.9 Å². The van der Waals surface area contributed by atoms with Crippen molar-refractivity contribution in [2.45, 2.75) is 20.4 Å². The predicted molar refractivity (Wildman–Crippen MR) is 134 cm³/mol. The van der Waals surface area contributed by atoms with Crippen LogP contribution in [-0.2, 0) is 25.7 Å². The molecule has 3 aromatic rings. The van der Waals surface area contributed by atoms with Gasteiger partial charge in [-0.1, -0.05) is 24.3 Å². The Balaban J connectivity index is 1.51. The van der Waals surface area contributed by atoms with Crippen molar-refractivity contribution in [2.75, 3.05) is 31.2 Å². The fraction of sp³-hybridized carbons (Fsp3) is 0.259. The zero-order valence-electron chi connectivity index (χ0n) is 20.1. The number of para-hydroxylation sites is 1. The van der Waals surface area contributed by atoms with E-state index in [0.717, 1.165) is 26.9 Å².